The van der Waals surface area contributed by atoms with E-state index in [4.69, 9.17) is 5.84 Å². The number of hydrazine groups is 1. The van der Waals surface area contributed by atoms with Gasteiger partial charge in [0.05, 0.1) is 0 Å². The zero-order chi connectivity index (χ0) is 10.8. The van der Waals surface area contributed by atoms with E-state index in [1.807, 2.05) is 24.6 Å². The molecule has 0 spiro atoms. The van der Waals surface area contributed by atoms with Crippen LogP contribution in [0.25, 0.3) is 5.82 Å². The second-order valence-electron chi connectivity index (χ2n) is 3.15. The topological polar surface area (TPSA) is 81.6 Å². The molecule has 2 aromatic heterocycles. The van der Waals surface area contributed by atoms with E-state index in [1.54, 1.807) is 12.3 Å². The minimum Gasteiger partial charge on any atom is -0.308 e. The number of nitrogen functional groups attached to an aromatic ring is 1. The first-order valence-corrected chi connectivity index (χ1v) is 4.53. The van der Waals surface area contributed by atoms with Gasteiger partial charge in [0.25, 0.3) is 0 Å². The van der Waals surface area contributed by atoms with Gasteiger partial charge in [-0.15, -0.1) is 0 Å². The Hall–Kier alpha value is -1.95. The average molecular weight is 204 g/mol. The number of aryl methyl sites for hydroxylation is 2. The number of nitrogens with one attached hydrogen (secondary N) is 1. The maximum atomic E-state index is 5.31. The highest BCUT2D eigenvalue weighted by Crippen LogP contribution is 2.11. The van der Waals surface area contributed by atoms with Crippen LogP contribution in [0, 0.1) is 13.8 Å². The summed E-state index contributed by atoms with van der Waals surface area (Å²) in [7, 11) is 0. The normalized spacial score (nSPS) is 10.3. The van der Waals surface area contributed by atoms with E-state index in [2.05, 4.69) is 20.4 Å². The molecule has 0 saturated carbocycles. The highest BCUT2D eigenvalue weighted by Gasteiger charge is 2.04. The fourth-order valence-electron chi connectivity index (χ4n) is 1.37. The SMILES string of the molecule is Cc1nc(NN)cc(-n2ccnc2C)n1. The quantitative estimate of drug-likeness (QED) is 0.552. The molecule has 2 heterocycles. The Balaban J connectivity index is 2.53. The standard InChI is InChI=1S/C9H12N6/c1-6-12-8(14-10)5-9(13-6)15-4-3-11-7(15)2/h3-5H,10H2,1-2H3,(H,12,13,14). The molecule has 0 aromatic carbocycles. The van der Waals surface area contributed by atoms with E-state index in [1.165, 1.54) is 0 Å². The monoisotopic (exact) mass is 204 g/mol. The molecule has 0 fully saturated rings. The molecule has 0 bridgehead atoms. The lowest BCUT2D eigenvalue weighted by molar-refractivity contribution is 0.899. The van der Waals surface area contributed by atoms with E-state index in [-0.39, 0.29) is 0 Å². The predicted molar refractivity (Wildman–Crippen MR) is 56.4 cm³/mol. The Morgan fingerprint density at radius 2 is 2.13 bits per heavy atom. The molecule has 0 aliphatic heterocycles. The van der Waals surface area contributed by atoms with Gasteiger partial charge in [-0.1, -0.05) is 0 Å². The first-order chi connectivity index (χ1) is 7.20. The second-order valence-corrected chi connectivity index (χ2v) is 3.15. The molecular formula is C9H12N6. The van der Waals surface area contributed by atoms with Gasteiger partial charge in [0.15, 0.2) is 0 Å². The number of aromatic nitrogens is 4. The van der Waals surface area contributed by atoms with Crippen molar-refractivity contribution >= 4 is 5.82 Å². The molecule has 0 saturated heterocycles. The third-order valence-corrected chi connectivity index (χ3v) is 2.04. The Labute approximate surface area is 87.2 Å². The van der Waals surface area contributed by atoms with Crippen LogP contribution >= 0.6 is 0 Å². The lowest BCUT2D eigenvalue weighted by atomic mass is 10.5. The molecule has 2 rings (SSSR count). The summed E-state index contributed by atoms with van der Waals surface area (Å²) in [5, 5.41) is 0. The summed E-state index contributed by atoms with van der Waals surface area (Å²) >= 11 is 0. The van der Waals surface area contributed by atoms with Crippen LogP contribution in [0.3, 0.4) is 0 Å². The summed E-state index contributed by atoms with van der Waals surface area (Å²) in [6.07, 6.45) is 3.57. The lowest BCUT2D eigenvalue weighted by Gasteiger charge is -2.07. The zero-order valence-corrected chi connectivity index (χ0v) is 8.60. The van der Waals surface area contributed by atoms with Crippen molar-refractivity contribution in [3.8, 4) is 5.82 Å². The van der Waals surface area contributed by atoms with E-state index in [9.17, 15) is 0 Å². The molecule has 2 aromatic rings. The first-order valence-electron chi connectivity index (χ1n) is 4.53. The average Bonchev–Trinajstić information content (AvgIpc) is 2.63. The third-order valence-electron chi connectivity index (χ3n) is 2.04. The number of nitrogens with two attached hydrogens (primary N) is 1. The molecule has 0 atom stereocenters. The Morgan fingerprint density at radius 3 is 2.73 bits per heavy atom. The first kappa shape index (κ1) is 9.60. The highest BCUT2D eigenvalue weighted by atomic mass is 15.3. The minimum atomic E-state index is 0.589. The summed E-state index contributed by atoms with van der Waals surface area (Å²) in [6.45, 7) is 3.73. The fourth-order valence-corrected chi connectivity index (χ4v) is 1.37. The van der Waals surface area contributed by atoms with Crippen molar-refractivity contribution in [1.82, 2.24) is 19.5 Å². The van der Waals surface area contributed by atoms with E-state index >= 15 is 0 Å². The van der Waals surface area contributed by atoms with Gasteiger partial charge in [-0.2, -0.15) is 0 Å². The molecule has 0 radical (unpaired) electrons. The van der Waals surface area contributed by atoms with Gasteiger partial charge in [0.2, 0.25) is 0 Å². The van der Waals surface area contributed by atoms with Gasteiger partial charge in [0.1, 0.15) is 23.3 Å². The van der Waals surface area contributed by atoms with Crippen molar-refractivity contribution in [2.45, 2.75) is 13.8 Å². The maximum absolute atomic E-state index is 5.31. The van der Waals surface area contributed by atoms with Gasteiger partial charge < -0.3 is 5.43 Å². The zero-order valence-electron chi connectivity index (χ0n) is 8.60. The van der Waals surface area contributed by atoms with Gasteiger partial charge in [-0.05, 0) is 13.8 Å². The van der Waals surface area contributed by atoms with Crippen molar-refractivity contribution in [2.24, 2.45) is 5.84 Å². The maximum Gasteiger partial charge on any atom is 0.145 e. The van der Waals surface area contributed by atoms with Crippen molar-refractivity contribution in [3.63, 3.8) is 0 Å². The Kier molecular flexibility index (Phi) is 2.34. The van der Waals surface area contributed by atoms with Crippen molar-refractivity contribution in [1.29, 1.82) is 0 Å². The largest absolute Gasteiger partial charge is 0.308 e. The van der Waals surface area contributed by atoms with Crippen LogP contribution in [0.15, 0.2) is 18.5 Å². The summed E-state index contributed by atoms with van der Waals surface area (Å²) in [4.78, 5) is 12.5. The molecule has 3 N–H and O–H groups in total. The van der Waals surface area contributed by atoms with Crippen LogP contribution in [0.4, 0.5) is 5.82 Å². The molecule has 6 nitrogen and oxygen atoms in total. The third kappa shape index (κ3) is 1.79. The van der Waals surface area contributed by atoms with Crippen LogP contribution in [0.2, 0.25) is 0 Å². The summed E-state index contributed by atoms with van der Waals surface area (Å²) in [5.41, 5.74) is 2.50. The van der Waals surface area contributed by atoms with Crippen LogP contribution in [-0.4, -0.2) is 19.5 Å². The molecule has 15 heavy (non-hydrogen) atoms. The van der Waals surface area contributed by atoms with E-state index < -0.39 is 0 Å². The van der Waals surface area contributed by atoms with Gasteiger partial charge in [0, 0.05) is 18.5 Å². The predicted octanol–water partition coefficient (Wildman–Crippen LogP) is 0.565. The van der Waals surface area contributed by atoms with Crippen LogP contribution in [0.5, 0.6) is 0 Å². The van der Waals surface area contributed by atoms with Crippen LogP contribution < -0.4 is 11.3 Å². The summed E-state index contributed by atoms with van der Waals surface area (Å²) < 4.78 is 1.87. The summed E-state index contributed by atoms with van der Waals surface area (Å²) in [6, 6.07) is 1.77. The lowest BCUT2D eigenvalue weighted by Crippen LogP contribution is -2.11. The molecule has 78 valence electrons. The van der Waals surface area contributed by atoms with Crippen LogP contribution in [0.1, 0.15) is 11.6 Å². The van der Waals surface area contributed by atoms with Crippen LogP contribution in [-0.2, 0) is 0 Å². The van der Waals surface area contributed by atoms with Gasteiger partial charge in [-0.3, -0.25) is 4.57 Å². The Morgan fingerprint density at radius 1 is 1.33 bits per heavy atom. The molecule has 0 aliphatic carbocycles. The number of rotatable bonds is 2. The molecule has 0 unspecified atom stereocenters. The number of nitrogens with zero attached hydrogens (tertiary/aromatic N) is 4. The molecule has 0 aliphatic rings. The molecule has 0 amide bonds. The smallest absolute Gasteiger partial charge is 0.145 e. The van der Waals surface area contributed by atoms with Crippen molar-refractivity contribution in [2.75, 3.05) is 5.43 Å². The second kappa shape index (κ2) is 3.66. The number of hydrogen-bond donors (Lipinski definition) is 2. The Bertz CT molecular complexity index is 475. The number of imidazole rings is 1. The highest BCUT2D eigenvalue weighted by molar-refractivity contribution is 5.40. The fraction of sp³-hybridized carbons (Fsp3) is 0.222. The molecule has 6 heteroatoms. The number of anilines is 1. The summed E-state index contributed by atoms with van der Waals surface area (Å²) in [5.74, 6) is 8.19. The van der Waals surface area contributed by atoms with E-state index in [0.717, 1.165) is 11.6 Å². The minimum absolute atomic E-state index is 0.589. The van der Waals surface area contributed by atoms with Gasteiger partial charge in [-0.25, -0.2) is 20.8 Å². The van der Waals surface area contributed by atoms with Crippen molar-refractivity contribution in [3.05, 3.63) is 30.1 Å². The number of hydrogen-bond acceptors (Lipinski definition) is 5. The molecular weight excluding hydrogens is 192 g/mol. The van der Waals surface area contributed by atoms with E-state index in [0.29, 0.717) is 11.6 Å². The van der Waals surface area contributed by atoms with Gasteiger partial charge >= 0.3 is 0 Å². The van der Waals surface area contributed by atoms with Crippen molar-refractivity contribution < 1.29 is 0 Å².